The molecule has 0 radical (unpaired) electrons. The number of nitrogens with two attached hydrogens (primary N) is 1. The first-order valence-electron chi connectivity index (χ1n) is 2.03. The van der Waals surface area contributed by atoms with Crippen molar-refractivity contribution in [1.29, 1.82) is 0 Å². The third kappa shape index (κ3) is 3.32. The summed E-state index contributed by atoms with van der Waals surface area (Å²) < 4.78 is 0. The lowest BCUT2D eigenvalue weighted by molar-refractivity contribution is 1.23. The average Bonchev–Trinajstić information content (AvgIpc) is 1.61. The molecule has 0 aliphatic carbocycles. The fourth-order valence-electron chi connectivity index (χ4n) is 0.186. The van der Waals surface area contributed by atoms with Gasteiger partial charge in [-0.3, -0.25) is 0 Å². The highest BCUT2D eigenvalue weighted by molar-refractivity contribution is 4.78. The van der Waals surface area contributed by atoms with Crippen molar-refractivity contribution in [3.05, 3.63) is 18.0 Å². The van der Waals surface area contributed by atoms with Gasteiger partial charge in [0.25, 0.3) is 0 Å². The summed E-state index contributed by atoms with van der Waals surface area (Å²) in [5.41, 5.74) is 7.67. The van der Waals surface area contributed by atoms with Crippen molar-refractivity contribution in [2.75, 3.05) is 0 Å². The summed E-state index contributed by atoms with van der Waals surface area (Å²) in [5.74, 6) is 0. The number of rotatable bonds is 1. The van der Waals surface area contributed by atoms with Crippen molar-refractivity contribution in [2.45, 2.75) is 13.3 Å². The first-order valence-corrected chi connectivity index (χ1v) is 2.03. The fourth-order valence-corrected chi connectivity index (χ4v) is 0.186. The van der Waals surface area contributed by atoms with Gasteiger partial charge in [0, 0.05) is 6.20 Å². The highest BCUT2D eigenvalue weighted by Gasteiger charge is 1.52. The van der Waals surface area contributed by atoms with Crippen molar-refractivity contribution in [1.82, 2.24) is 0 Å². The molecule has 0 spiro atoms. The lowest BCUT2D eigenvalue weighted by Gasteiger charge is -1.62. The first-order chi connectivity index (χ1) is 2.91. The maximum Gasteiger partial charge on any atom is 0.0368 e. The van der Waals surface area contributed by atoms with Crippen LogP contribution in [0.1, 0.15) is 13.3 Å². The molecule has 1 nitrogen and oxygen atoms in total. The monoisotopic (exact) mass is 83.1 g/mol. The van der Waals surface area contributed by atoms with Crippen molar-refractivity contribution >= 4 is 0 Å². The largest absolute Gasteiger partial charge is 0.398 e. The summed E-state index contributed by atoms with van der Waals surface area (Å²) in [6.45, 7) is 2.04. The van der Waals surface area contributed by atoms with Crippen LogP contribution in [0.4, 0.5) is 0 Å². The zero-order chi connectivity index (χ0) is 4.83. The Bertz CT molecular complexity index is 68.0. The van der Waals surface area contributed by atoms with Gasteiger partial charge in [0.2, 0.25) is 0 Å². The van der Waals surface area contributed by atoms with Gasteiger partial charge in [-0.1, -0.05) is 6.92 Å². The molecule has 0 unspecified atom stereocenters. The summed E-state index contributed by atoms with van der Waals surface area (Å²) in [4.78, 5) is 0. The van der Waals surface area contributed by atoms with Crippen LogP contribution in [0.15, 0.2) is 18.0 Å². The summed E-state index contributed by atoms with van der Waals surface area (Å²) >= 11 is 0. The molecular weight excluding hydrogens is 74.1 g/mol. The molecule has 0 atom stereocenters. The average molecular weight is 83.1 g/mol. The Morgan fingerprint density at radius 1 is 1.83 bits per heavy atom. The Morgan fingerprint density at radius 3 is 2.67 bits per heavy atom. The molecule has 0 aromatic carbocycles. The fraction of sp³-hybridized carbons (Fsp3) is 0.400. The summed E-state index contributed by atoms with van der Waals surface area (Å²) in [6, 6.07) is 0. The van der Waals surface area contributed by atoms with E-state index in [2.05, 4.69) is 5.73 Å². The summed E-state index contributed by atoms with van der Waals surface area (Å²) in [5, 5.41) is 0. The van der Waals surface area contributed by atoms with Gasteiger partial charge in [-0.25, -0.2) is 0 Å². The molecule has 0 rings (SSSR count). The van der Waals surface area contributed by atoms with Gasteiger partial charge < -0.3 is 5.73 Å². The number of allylic oxidation sites excluding steroid dienone is 1. The second-order valence-corrected chi connectivity index (χ2v) is 0.946. The SMILES string of the molecule is CCC=C=CN. The molecule has 0 amide bonds. The first kappa shape index (κ1) is 5.32. The number of hydrogen-bond acceptors (Lipinski definition) is 1. The van der Waals surface area contributed by atoms with Gasteiger partial charge in [-0.05, 0) is 12.5 Å². The summed E-state index contributed by atoms with van der Waals surface area (Å²) in [6.07, 6.45) is 4.29. The van der Waals surface area contributed by atoms with E-state index in [1.54, 1.807) is 0 Å². The van der Waals surface area contributed by atoms with Gasteiger partial charge in [-0.2, -0.15) is 0 Å². The highest BCUT2D eigenvalue weighted by Crippen LogP contribution is 1.70. The Morgan fingerprint density at radius 2 is 2.50 bits per heavy atom. The molecule has 34 valence electrons. The second kappa shape index (κ2) is 4.32. The molecule has 0 heterocycles. The van der Waals surface area contributed by atoms with Gasteiger partial charge in [0.05, 0.1) is 0 Å². The van der Waals surface area contributed by atoms with Gasteiger partial charge >= 0.3 is 0 Å². The van der Waals surface area contributed by atoms with Crippen molar-refractivity contribution in [3.8, 4) is 0 Å². The molecule has 0 aliphatic heterocycles. The minimum atomic E-state index is 1.01. The topological polar surface area (TPSA) is 26.0 Å². The molecule has 1 heteroatoms. The van der Waals surface area contributed by atoms with Crippen LogP contribution in [-0.2, 0) is 0 Å². The van der Waals surface area contributed by atoms with Crippen LogP contribution in [0.2, 0.25) is 0 Å². The van der Waals surface area contributed by atoms with Crippen LogP contribution < -0.4 is 5.73 Å². The Balaban J connectivity index is 3.18. The Labute approximate surface area is 38.2 Å². The van der Waals surface area contributed by atoms with E-state index in [9.17, 15) is 0 Å². The van der Waals surface area contributed by atoms with Crippen molar-refractivity contribution in [3.63, 3.8) is 0 Å². The van der Waals surface area contributed by atoms with E-state index < -0.39 is 0 Å². The molecule has 0 aliphatic rings. The third-order valence-corrected chi connectivity index (χ3v) is 0.418. The molecule has 2 N–H and O–H groups in total. The lowest BCUT2D eigenvalue weighted by Crippen LogP contribution is -1.69. The van der Waals surface area contributed by atoms with Gasteiger partial charge in [0.15, 0.2) is 0 Å². The van der Waals surface area contributed by atoms with Crippen LogP contribution in [0.5, 0.6) is 0 Å². The minimum absolute atomic E-state index is 1.01. The minimum Gasteiger partial charge on any atom is -0.398 e. The second-order valence-electron chi connectivity index (χ2n) is 0.946. The quantitative estimate of drug-likeness (QED) is 0.471. The molecule has 0 saturated carbocycles. The van der Waals surface area contributed by atoms with Crippen LogP contribution >= 0.6 is 0 Å². The van der Waals surface area contributed by atoms with Gasteiger partial charge in [-0.15, -0.1) is 5.73 Å². The zero-order valence-corrected chi connectivity index (χ0v) is 3.94. The van der Waals surface area contributed by atoms with Crippen LogP contribution in [0.3, 0.4) is 0 Å². The predicted molar refractivity (Wildman–Crippen MR) is 27.1 cm³/mol. The standard InChI is InChI=1S/C5H9N/c1-2-3-4-5-6/h3,5H,2,6H2,1H3. The van der Waals surface area contributed by atoms with Crippen LogP contribution in [0, 0.1) is 0 Å². The Kier molecular flexibility index (Phi) is 3.83. The van der Waals surface area contributed by atoms with E-state index in [1.165, 1.54) is 6.20 Å². The number of hydrogen-bond donors (Lipinski definition) is 1. The van der Waals surface area contributed by atoms with Crippen molar-refractivity contribution in [2.24, 2.45) is 5.73 Å². The predicted octanol–water partition coefficient (Wildman–Crippen LogP) is 1.02. The molecule has 0 aromatic rings. The van der Waals surface area contributed by atoms with Crippen LogP contribution in [0.25, 0.3) is 0 Å². The highest BCUT2D eigenvalue weighted by atomic mass is 14.5. The normalized spacial score (nSPS) is 6.17. The molecule has 0 aromatic heterocycles. The van der Waals surface area contributed by atoms with E-state index in [1.807, 2.05) is 13.0 Å². The molecule has 0 bridgehead atoms. The maximum absolute atomic E-state index is 4.95. The summed E-state index contributed by atoms with van der Waals surface area (Å²) in [7, 11) is 0. The molecule has 6 heavy (non-hydrogen) atoms. The lowest BCUT2D eigenvalue weighted by atomic mass is 10.5. The van der Waals surface area contributed by atoms with E-state index in [-0.39, 0.29) is 0 Å². The molecule has 0 fully saturated rings. The maximum atomic E-state index is 4.95. The molecule has 0 saturated heterocycles. The van der Waals surface area contributed by atoms with E-state index in [0.717, 1.165) is 6.42 Å². The van der Waals surface area contributed by atoms with E-state index in [0.29, 0.717) is 0 Å². The smallest absolute Gasteiger partial charge is 0.0368 e. The van der Waals surface area contributed by atoms with E-state index >= 15 is 0 Å². The third-order valence-electron chi connectivity index (χ3n) is 0.418. The van der Waals surface area contributed by atoms with Gasteiger partial charge in [0.1, 0.15) is 0 Å². The zero-order valence-electron chi connectivity index (χ0n) is 3.94. The van der Waals surface area contributed by atoms with Crippen LogP contribution in [-0.4, -0.2) is 0 Å². The van der Waals surface area contributed by atoms with Crippen molar-refractivity contribution < 1.29 is 0 Å². The van der Waals surface area contributed by atoms with E-state index in [4.69, 9.17) is 5.73 Å². The Hall–Kier alpha value is -0.680. The molecular formula is C5H9N.